The van der Waals surface area contributed by atoms with Crippen molar-refractivity contribution in [2.45, 2.75) is 32.8 Å². The number of amides is 1. The maximum Gasteiger partial charge on any atom is 0.251 e. The Balaban J connectivity index is 1.82. The summed E-state index contributed by atoms with van der Waals surface area (Å²) < 4.78 is 5.79. The van der Waals surface area contributed by atoms with Crippen LogP contribution in [0, 0.1) is 0 Å². The fourth-order valence-corrected chi connectivity index (χ4v) is 2.23. The van der Waals surface area contributed by atoms with E-state index in [2.05, 4.69) is 5.32 Å². The molecule has 1 amide bonds. The Kier molecular flexibility index (Phi) is 5.67. The number of carbonyl (C=O) groups is 1. The van der Waals surface area contributed by atoms with Crippen molar-refractivity contribution < 1.29 is 9.53 Å². The molecule has 2 aromatic carbocycles. The molecule has 0 unspecified atom stereocenters. The molecule has 0 atom stereocenters. The Bertz CT molecular complexity index is 643. The summed E-state index contributed by atoms with van der Waals surface area (Å²) in [6, 6.07) is 14.8. The number of hydrogen-bond donors (Lipinski definition) is 1. The average Bonchev–Trinajstić information content (AvgIpc) is 2.48. The molecule has 0 saturated heterocycles. The van der Waals surface area contributed by atoms with Gasteiger partial charge in [0.2, 0.25) is 0 Å². The Labute approximate surface area is 142 Å². The highest BCUT2D eigenvalue weighted by molar-refractivity contribution is 6.30. The normalized spacial score (nSPS) is 11.1. The minimum atomic E-state index is -0.200. The molecular weight excluding hydrogens is 310 g/mol. The third kappa shape index (κ3) is 5.95. The number of carbonyl (C=O) groups excluding carboxylic acids is 1. The van der Waals surface area contributed by atoms with Gasteiger partial charge in [-0.1, -0.05) is 23.7 Å². The predicted octanol–water partition coefficient (Wildman–Crippen LogP) is 4.49. The number of hydrogen-bond acceptors (Lipinski definition) is 2. The molecule has 1 N–H and O–H groups in total. The predicted molar refractivity (Wildman–Crippen MR) is 94.3 cm³/mol. The van der Waals surface area contributed by atoms with Gasteiger partial charge in [-0.05, 0) is 69.2 Å². The number of nitrogens with one attached hydrogen (secondary N) is 1. The van der Waals surface area contributed by atoms with Crippen molar-refractivity contribution in [3.8, 4) is 5.75 Å². The van der Waals surface area contributed by atoms with Gasteiger partial charge in [-0.25, -0.2) is 0 Å². The lowest BCUT2D eigenvalue weighted by Gasteiger charge is -2.21. The lowest BCUT2D eigenvalue weighted by atomic mass is 10.1. The first-order valence-electron chi connectivity index (χ1n) is 7.65. The highest BCUT2D eigenvalue weighted by Crippen LogP contribution is 2.18. The molecule has 122 valence electrons. The number of halogens is 1. The summed E-state index contributed by atoms with van der Waals surface area (Å²) in [6.07, 6.45) is 0.773. The quantitative estimate of drug-likeness (QED) is 0.876. The molecule has 0 heterocycles. The lowest BCUT2D eigenvalue weighted by molar-refractivity contribution is 0.0954. The summed E-state index contributed by atoms with van der Waals surface area (Å²) >= 11 is 5.81. The van der Waals surface area contributed by atoms with E-state index in [0.717, 1.165) is 17.7 Å². The maximum atomic E-state index is 12.0. The summed E-state index contributed by atoms with van der Waals surface area (Å²) in [4.78, 5) is 12.0. The molecule has 0 fully saturated rings. The average molecular weight is 332 g/mol. The van der Waals surface area contributed by atoms with Crippen molar-refractivity contribution in [1.82, 2.24) is 5.32 Å². The first-order chi connectivity index (χ1) is 10.8. The number of rotatable bonds is 5. The zero-order valence-corrected chi connectivity index (χ0v) is 14.5. The second-order valence-electron chi connectivity index (χ2n) is 6.37. The third-order valence-electron chi connectivity index (χ3n) is 3.15. The molecule has 0 aliphatic heterocycles. The summed E-state index contributed by atoms with van der Waals surface area (Å²) in [5.41, 5.74) is 1.57. The largest absolute Gasteiger partial charge is 0.488 e. The number of benzene rings is 2. The molecule has 0 aliphatic carbocycles. The lowest BCUT2D eigenvalue weighted by Crippen LogP contribution is -2.25. The van der Waals surface area contributed by atoms with Crippen LogP contribution >= 0.6 is 11.6 Å². The number of ether oxygens (including phenoxy) is 1. The summed E-state index contributed by atoms with van der Waals surface area (Å²) in [5, 5.41) is 3.53. The highest BCUT2D eigenvalue weighted by atomic mass is 35.5. The molecule has 2 aromatic rings. The van der Waals surface area contributed by atoms with E-state index >= 15 is 0 Å². The molecule has 0 radical (unpaired) electrons. The smallest absolute Gasteiger partial charge is 0.251 e. The summed E-state index contributed by atoms with van der Waals surface area (Å²) in [7, 11) is 0. The van der Waals surface area contributed by atoms with Crippen molar-refractivity contribution in [1.29, 1.82) is 0 Å². The van der Waals surface area contributed by atoms with E-state index in [-0.39, 0.29) is 11.5 Å². The molecule has 4 heteroatoms. The van der Waals surface area contributed by atoms with Crippen LogP contribution in [0.2, 0.25) is 5.02 Å². The van der Waals surface area contributed by atoms with Crippen LogP contribution in [0.5, 0.6) is 5.75 Å². The fraction of sp³-hybridized carbons (Fsp3) is 0.316. The van der Waals surface area contributed by atoms with Gasteiger partial charge in [0.25, 0.3) is 5.91 Å². The van der Waals surface area contributed by atoms with E-state index in [0.29, 0.717) is 17.1 Å². The van der Waals surface area contributed by atoms with Gasteiger partial charge in [-0.2, -0.15) is 0 Å². The minimum Gasteiger partial charge on any atom is -0.488 e. The van der Waals surface area contributed by atoms with Crippen LogP contribution in [0.4, 0.5) is 0 Å². The second kappa shape index (κ2) is 7.51. The van der Waals surface area contributed by atoms with Gasteiger partial charge in [-0.3, -0.25) is 4.79 Å². The third-order valence-corrected chi connectivity index (χ3v) is 3.41. The van der Waals surface area contributed by atoms with Gasteiger partial charge in [-0.15, -0.1) is 0 Å². The first-order valence-corrected chi connectivity index (χ1v) is 8.03. The van der Waals surface area contributed by atoms with E-state index in [4.69, 9.17) is 16.3 Å². The fourth-order valence-electron chi connectivity index (χ4n) is 2.10. The van der Waals surface area contributed by atoms with Crippen LogP contribution in [0.3, 0.4) is 0 Å². The molecular formula is C19H22ClNO2. The van der Waals surface area contributed by atoms with E-state index in [1.165, 1.54) is 0 Å². The molecule has 0 aliphatic rings. The highest BCUT2D eigenvalue weighted by Gasteiger charge is 2.11. The van der Waals surface area contributed by atoms with Crippen LogP contribution in [-0.4, -0.2) is 18.1 Å². The SMILES string of the molecule is CC(C)(C)Oc1ccc(CCNC(=O)c2ccc(Cl)cc2)cc1. The van der Waals surface area contributed by atoms with E-state index in [9.17, 15) is 4.79 Å². The molecule has 0 aromatic heterocycles. The summed E-state index contributed by atoms with van der Waals surface area (Å²) in [6.45, 7) is 6.65. The Morgan fingerprint density at radius 2 is 1.65 bits per heavy atom. The molecule has 0 spiro atoms. The van der Waals surface area contributed by atoms with Crippen LogP contribution in [0.25, 0.3) is 0 Å². The van der Waals surface area contributed by atoms with Gasteiger partial charge in [0, 0.05) is 17.1 Å². The maximum absolute atomic E-state index is 12.0. The van der Waals surface area contributed by atoms with Crippen molar-refractivity contribution in [3.63, 3.8) is 0 Å². The molecule has 2 rings (SSSR count). The van der Waals surface area contributed by atoms with E-state index < -0.39 is 0 Å². The van der Waals surface area contributed by atoms with Crippen molar-refractivity contribution >= 4 is 17.5 Å². The van der Waals surface area contributed by atoms with Gasteiger partial charge in [0.05, 0.1) is 0 Å². The minimum absolute atomic E-state index is 0.0886. The van der Waals surface area contributed by atoms with Crippen LogP contribution in [0.15, 0.2) is 48.5 Å². The van der Waals surface area contributed by atoms with Gasteiger partial charge >= 0.3 is 0 Å². The first kappa shape index (κ1) is 17.4. The molecule has 0 saturated carbocycles. The zero-order chi connectivity index (χ0) is 16.9. The topological polar surface area (TPSA) is 38.3 Å². The Morgan fingerprint density at radius 1 is 1.04 bits per heavy atom. The second-order valence-corrected chi connectivity index (χ2v) is 6.81. The van der Waals surface area contributed by atoms with Gasteiger partial charge in [0.1, 0.15) is 11.4 Å². The molecule has 23 heavy (non-hydrogen) atoms. The Hall–Kier alpha value is -2.00. The molecule has 3 nitrogen and oxygen atoms in total. The van der Waals surface area contributed by atoms with Crippen LogP contribution in [0.1, 0.15) is 36.7 Å². The Morgan fingerprint density at radius 3 is 2.22 bits per heavy atom. The zero-order valence-electron chi connectivity index (χ0n) is 13.7. The van der Waals surface area contributed by atoms with Gasteiger partial charge < -0.3 is 10.1 Å². The molecule has 0 bridgehead atoms. The van der Waals surface area contributed by atoms with E-state index in [1.54, 1.807) is 24.3 Å². The van der Waals surface area contributed by atoms with Crippen LogP contribution in [-0.2, 0) is 6.42 Å². The van der Waals surface area contributed by atoms with Crippen molar-refractivity contribution in [2.75, 3.05) is 6.54 Å². The van der Waals surface area contributed by atoms with E-state index in [1.807, 2.05) is 45.0 Å². The van der Waals surface area contributed by atoms with Crippen molar-refractivity contribution in [2.24, 2.45) is 0 Å². The monoisotopic (exact) mass is 331 g/mol. The standard InChI is InChI=1S/C19H22ClNO2/c1-19(2,3)23-17-10-4-14(5-11-17)12-13-21-18(22)15-6-8-16(20)9-7-15/h4-11H,12-13H2,1-3H3,(H,21,22). The summed E-state index contributed by atoms with van der Waals surface area (Å²) in [5.74, 6) is 0.765. The van der Waals surface area contributed by atoms with Gasteiger partial charge in [0.15, 0.2) is 0 Å². The van der Waals surface area contributed by atoms with Crippen LogP contribution < -0.4 is 10.1 Å². The van der Waals surface area contributed by atoms with Crippen molar-refractivity contribution in [3.05, 3.63) is 64.7 Å².